The number of hydrogen-bond acceptors (Lipinski definition) is 5. The molecule has 4 heterocycles. The van der Waals surface area contributed by atoms with Crippen molar-refractivity contribution in [3.63, 3.8) is 0 Å². The molecular weight excluding hydrogens is 430 g/mol. The normalized spacial score (nSPS) is 15.4. The van der Waals surface area contributed by atoms with Gasteiger partial charge in [-0.05, 0) is 41.3 Å². The molecule has 6 bridgehead atoms. The van der Waals surface area contributed by atoms with E-state index in [2.05, 4.69) is 11.1 Å². The molecule has 1 fully saturated rings. The Hall–Kier alpha value is -4.64. The maximum Gasteiger partial charge on any atom is 0.272 e. The molecule has 2 amide bonds. The van der Waals surface area contributed by atoms with Gasteiger partial charge >= 0.3 is 0 Å². The number of ether oxygens (including phenoxy) is 1. The van der Waals surface area contributed by atoms with E-state index >= 15 is 0 Å². The molecule has 3 aliphatic rings. The summed E-state index contributed by atoms with van der Waals surface area (Å²) in [5, 5.41) is 11.5. The number of benzene rings is 3. The first-order chi connectivity index (χ1) is 16.6. The van der Waals surface area contributed by atoms with Crippen LogP contribution in [0.3, 0.4) is 0 Å². The van der Waals surface area contributed by atoms with Crippen molar-refractivity contribution in [2.24, 2.45) is 0 Å². The monoisotopic (exact) mass is 449 g/mol. The zero-order valence-electron chi connectivity index (χ0n) is 18.1. The number of imidazole rings is 1. The number of piperazine rings is 1. The quantitative estimate of drug-likeness (QED) is 0.409. The van der Waals surface area contributed by atoms with Gasteiger partial charge in [-0.15, -0.1) is 0 Å². The van der Waals surface area contributed by atoms with Gasteiger partial charge in [-0.2, -0.15) is 5.26 Å². The van der Waals surface area contributed by atoms with E-state index in [1.807, 2.05) is 48.5 Å². The number of amides is 2. The first-order valence-corrected chi connectivity index (χ1v) is 10.9. The summed E-state index contributed by atoms with van der Waals surface area (Å²) in [5.74, 6) is 0.625. The van der Waals surface area contributed by atoms with Crippen LogP contribution in [-0.2, 0) is 11.3 Å². The van der Waals surface area contributed by atoms with Crippen molar-refractivity contribution < 1.29 is 14.3 Å². The Morgan fingerprint density at radius 3 is 2.76 bits per heavy atom. The van der Waals surface area contributed by atoms with Crippen LogP contribution >= 0.6 is 0 Å². The number of fused-ring (bicyclic) bond motifs is 2. The average molecular weight is 449 g/mol. The average Bonchev–Trinajstić information content (AvgIpc) is 3.31. The summed E-state index contributed by atoms with van der Waals surface area (Å²) in [7, 11) is 0. The maximum atomic E-state index is 13.3. The van der Waals surface area contributed by atoms with Gasteiger partial charge in [-0.25, -0.2) is 4.98 Å². The standard InChI is InChI=1S/C26H19N5O3/c27-12-19-5-4-17-10-24(19)34-20-7-6-18-2-1-3-22(21(18)11-20)31-9-8-29(15-25(31)32)26(33)23-13-28-16-30(23)14-17/h1-7,10-11,13,16H,8-9,14-15H2. The summed E-state index contributed by atoms with van der Waals surface area (Å²) < 4.78 is 7.92. The molecule has 0 N–H and O–H groups in total. The third-order valence-corrected chi connectivity index (χ3v) is 6.31. The van der Waals surface area contributed by atoms with Crippen molar-refractivity contribution in [1.29, 1.82) is 5.26 Å². The predicted molar refractivity (Wildman–Crippen MR) is 125 cm³/mol. The Bertz CT molecular complexity index is 1520. The SMILES string of the molecule is N#Cc1ccc2cc1Oc1ccc3cccc(c3c1)N1CCN(CC1=O)C(=O)c1cncn1C2. The molecule has 0 aliphatic carbocycles. The van der Waals surface area contributed by atoms with E-state index in [0.29, 0.717) is 42.4 Å². The highest BCUT2D eigenvalue weighted by atomic mass is 16.5. The molecule has 1 aromatic heterocycles. The van der Waals surface area contributed by atoms with E-state index in [1.54, 1.807) is 26.8 Å². The second kappa shape index (κ2) is 7.74. The molecule has 34 heavy (non-hydrogen) atoms. The van der Waals surface area contributed by atoms with E-state index in [9.17, 15) is 14.9 Å². The second-order valence-corrected chi connectivity index (χ2v) is 8.38. The van der Waals surface area contributed by atoms with Crippen LogP contribution in [-0.4, -0.2) is 45.9 Å². The number of nitrogens with zero attached hydrogens (tertiary/aromatic N) is 5. The number of nitriles is 1. The van der Waals surface area contributed by atoms with Gasteiger partial charge in [0.25, 0.3) is 5.91 Å². The molecule has 1 saturated heterocycles. The van der Waals surface area contributed by atoms with Crippen LogP contribution in [0.4, 0.5) is 5.69 Å². The molecule has 0 spiro atoms. The summed E-state index contributed by atoms with van der Waals surface area (Å²) in [6.45, 7) is 1.18. The maximum absolute atomic E-state index is 13.3. The van der Waals surface area contributed by atoms with Gasteiger partial charge in [0.05, 0.1) is 23.8 Å². The van der Waals surface area contributed by atoms with Crippen molar-refractivity contribution in [3.05, 3.63) is 83.9 Å². The second-order valence-electron chi connectivity index (χ2n) is 8.38. The molecule has 166 valence electrons. The van der Waals surface area contributed by atoms with Crippen molar-refractivity contribution in [2.75, 3.05) is 24.5 Å². The van der Waals surface area contributed by atoms with Gasteiger partial charge in [0.2, 0.25) is 5.91 Å². The van der Waals surface area contributed by atoms with Gasteiger partial charge in [-0.1, -0.05) is 24.3 Å². The number of carbonyl (C=O) groups excluding carboxylic acids is 2. The van der Waals surface area contributed by atoms with Gasteiger partial charge < -0.3 is 19.1 Å². The highest BCUT2D eigenvalue weighted by Crippen LogP contribution is 2.34. The van der Waals surface area contributed by atoms with E-state index in [-0.39, 0.29) is 18.4 Å². The molecule has 0 unspecified atom stereocenters. The summed E-state index contributed by atoms with van der Waals surface area (Å²) in [4.78, 5) is 33.9. The minimum absolute atomic E-state index is 0.00237. The summed E-state index contributed by atoms with van der Waals surface area (Å²) >= 11 is 0. The summed E-state index contributed by atoms with van der Waals surface area (Å²) in [6, 6.07) is 19.0. The Labute approximate surface area is 195 Å². The van der Waals surface area contributed by atoms with Crippen LogP contribution in [0.2, 0.25) is 0 Å². The number of anilines is 1. The lowest BCUT2D eigenvalue weighted by Gasteiger charge is -2.35. The molecule has 7 rings (SSSR count). The number of carbonyl (C=O) groups is 2. The molecule has 8 heteroatoms. The highest BCUT2D eigenvalue weighted by molar-refractivity contribution is 6.07. The molecule has 0 atom stereocenters. The Morgan fingerprint density at radius 1 is 1.00 bits per heavy atom. The first kappa shape index (κ1) is 20.0. The predicted octanol–water partition coefficient (Wildman–Crippen LogP) is 3.55. The third kappa shape index (κ3) is 3.26. The first-order valence-electron chi connectivity index (χ1n) is 10.9. The zero-order valence-corrected chi connectivity index (χ0v) is 18.1. The Kier molecular flexibility index (Phi) is 4.56. The fourth-order valence-electron chi connectivity index (χ4n) is 4.59. The lowest BCUT2D eigenvalue weighted by atomic mass is 10.1. The molecule has 0 radical (unpaired) electrons. The van der Waals surface area contributed by atoms with Gasteiger partial charge in [0.15, 0.2) is 0 Å². The molecule has 4 aromatic rings. The Morgan fingerprint density at radius 2 is 1.91 bits per heavy atom. The highest BCUT2D eigenvalue weighted by Gasteiger charge is 2.31. The number of rotatable bonds is 0. The smallest absolute Gasteiger partial charge is 0.272 e. The van der Waals surface area contributed by atoms with Crippen molar-refractivity contribution in [2.45, 2.75) is 6.54 Å². The molecule has 3 aliphatic heterocycles. The molecule has 8 nitrogen and oxygen atoms in total. The van der Waals surface area contributed by atoms with Crippen LogP contribution in [0, 0.1) is 11.3 Å². The van der Waals surface area contributed by atoms with Crippen LogP contribution in [0.25, 0.3) is 10.8 Å². The molecular formula is C26H19N5O3. The van der Waals surface area contributed by atoms with Crippen molar-refractivity contribution >= 4 is 28.3 Å². The van der Waals surface area contributed by atoms with Crippen molar-refractivity contribution in [3.8, 4) is 17.6 Å². The zero-order chi connectivity index (χ0) is 23.2. The number of hydrogen-bond donors (Lipinski definition) is 0. The van der Waals surface area contributed by atoms with Crippen LogP contribution in [0.1, 0.15) is 21.6 Å². The minimum atomic E-state index is -0.233. The fraction of sp³-hybridized carbons (Fsp3) is 0.154. The fourth-order valence-corrected chi connectivity index (χ4v) is 4.59. The largest absolute Gasteiger partial charge is 0.456 e. The third-order valence-electron chi connectivity index (χ3n) is 6.31. The van der Waals surface area contributed by atoms with Crippen LogP contribution in [0.15, 0.2) is 67.1 Å². The lowest BCUT2D eigenvalue weighted by Crippen LogP contribution is -2.52. The topological polar surface area (TPSA) is 91.5 Å². The minimum Gasteiger partial charge on any atom is -0.456 e. The van der Waals surface area contributed by atoms with Gasteiger partial charge in [0, 0.05) is 25.0 Å². The van der Waals surface area contributed by atoms with E-state index in [4.69, 9.17) is 4.74 Å². The summed E-state index contributed by atoms with van der Waals surface area (Å²) in [6.07, 6.45) is 3.12. The van der Waals surface area contributed by atoms with E-state index < -0.39 is 0 Å². The van der Waals surface area contributed by atoms with E-state index in [0.717, 1.165) is 22.0 Å². The summed E-state index contributed by atoms with van der Waals surface area (Å²) in [5.41, 5.74) is 2.44. The lowest BCUT2D eigenvalue weighted by molar-refractivity contribution is -0.120. The molecule has 3 aromatic carbocycles. The number of aromatic nitrogens is 2. The van der Waals surface area contributed by atoms with Crippen LogP contribution in [0.5, 0.6) is 11.5 Å². The van der Waals surface area contributed by atoms with Crippen molar-refractivity contribution in [1.82, 2.24) is 14.5 Å². The molecule has 0 saturated carbocycles. The van der Waals surface area contributed by atoms with Gasteiger partial charge in [0.1, 0.15) is 29.8 Å². The Balaban J connectivity index is 1.54. The van der Waals surface area contributed by atoms with E-state index in [1.165, 1.54) is 6.20 Å². The van der Waals surface area contributed by atoms with Gasteiger partial charge in [-0.3, -0.25) is 9.59 Å². The van der Waals surface area contributed by atoms with Crippen LogP contribution < -0.4 is 9.64 Å².